The van der Waals surface area contributed by atoms with Gasteiger partial charge in [0.1, 0.15) is 5.82 Å². The third-order valence-electron chi connectivity index (χ3n) is 4.77. The second-order valence-electron chi connectivity index (χ2n) is 7.03. The minimum atomic E-state index is -0.275. The van der Waals surface area contributed by atoms with E-state index in [0.717, 1.165) is 25.0 Å². The van der Waals surface area contributed by atoms with Crippen LogP contribution in [-0.2, 0) is 22.6 Å². The minimum absolute atomic E-state index is 0.0636. The average molecular weight is 416 g/mol. The lowest BCUT2D eigenvalue weighted by molar-refractivity contribution is -0.120. The molecule has 1 amide bonds. The number of nitrogens with zero attached hydrogens (tertiary/aromatic N) is 1. The van der Waals surface area contributed by atoms with E-state index in [9.17, 15) is 9.18 Å². The summed E-state index contributed by atoms with van der Waals surface area (Å²) in [4.78, 5) is 14.0. The molecule has 1 fully saturated rings. The van der Waals surface area contributed by atoms with Gasteiger partial charge in [-0.3, -0.25) is 4.79 Å². The lowest BCUT2D eigenvalue weighted by atomic mass is 10.1. The summed E-state index contributed by atoms with van der Waals surface area (Å²) in [5.41, 5.74) is 1.60. The molecule has 7 heteroatoms. The summed E-state index contributed by atoms with van der Waals surface area (Å²) in [5, 5.41) is 6.27. The van der Waals surface area contributed by atoms with Crippen molar-refractivity contribution in [3.8, 4) is 0 Å². The van der Waals surface area contributed by atoms with Crippen LogP contribution in [0.25, 0.3) is 0 Å². The fraction of sp³-hybridized carbons (Fsp3) is 0.364. The second kappa shape index (κ2) is 10.9. The van der Waals surface area contributed by atoms with Gasteiger partial charge < -0.3 is 20.3 Å². The summed E-state index contributed by atoms with van der Waals surface area (Å²) >= 11 is 5.51. The van der Waals surface area contributed by atoms with E-state index in [1.54, 1.807) is 18.2 Å². The van der Waals surface area contributed by atoms with Gasteiger partial charge >= 0.3 is 0 Å². The third kappa shape index (κ3) is 6.80. The predicted octanol–water partition coefficient (Wildman–Crippen LogP) is 3.00. The van der Waals surface area contributed by atoms with Crippen molar-refractivity contribution in [3.05, 3.63) is 71.5 Å². The maximum Gasteiger partial charge on any atom is 0.239 e. The monoisotopic (exact) mass is 415 g/mol. The summed E-state index contributed by atoms with van der Waals surface area (Å²) in [5.74, 6) is -0.420. The Morgan fingerprint density at radius 3 is 2.59 bits per heavy atom. The molecule has 1 aliphatic rings. The molecule has 1 saturated heterocycles. The van der Waals surface area contributed by atoms with Gasteiger partial charge in [0.2, 0.25) is 5.91 Å². The molecule has 0 aliphatic carbocycles. The zero-order chi connectivity index (χ0) is 20.5. The van der Waals surface area contributed by atoms with Gasteiger partial charge in [0, 0.05) is 31.8 Å². The number of nitrogens with one attached hydrogen (secondary N) is 2. The summed E-state index contributed by atoms with van der Waals surface area (Å²) in [7, 11) is 0. The Hall–Kier alpha value is -2.51. The largest absolute Gasteiger partial charge is 0.376 e. The van der Waals surface area contributed by atoms with E-state index in [1.165, 1.54) is 6.07 Å². The van der Waals surface area contributed by atoms with Crippen molar-refractivity contribution in [2.75, 3.05) is 19.7 Å². The van der Waals surface area contributed by atoms with Gasteiger partial charge in [-0.05, 0) is 36.7 Å². The number of rotatable bonds is 8. The first-order valence-electron chi connectivity index (χ1n) is 9.80. The highest BCUT2D eigenvalue weighted by Crippen LogP contribution is 2.13. The molecular formula is C22H26FN3O2S. The van der Waals surface area contributed by atoms with Crippen molar-refractivity contribution >= 4 is 23.2 Å². The van der Waals surface area contributed by atoms with Crippen LogP contribution in [0.3, 0.4) is 0 Å². The van der Waals surface area contributed by atoms with Crippen LogP contribution < -0.4 is 10.6 Å². The second-order valence-corrected chi connectivity index (χ2v) is 7.42. The number of ether oxygens (including phenoxy) is 1. The molecule has 1 aliphatic heterocycles. The first-order chi connectivity index (χ1) is 14.1. The number of hydrogen-bond donors (Lipinski definition) is 2. The van der Waals surface area contributed by atoms with E-state index >= 15 is 0 Å². The lowest BCUT2D eigenvalue weighted by Gasteiger charge is -2.26. The Morgan fingerprint density at radius 1 is 1.10 bits per heavy atom. The highest BCUT2D eigenvalue weighted by atomic mass is 32.1. The Labute approximate surface area is 176 Å². The SMILES string of the molecule is O=C(CNC(=S)N(Cc1ccccc1)Cc1ccccc1F)NC[C@H]1CCCO1. The van der Waals surface area contributed by atoms with Crippen molar-refractivity contribution in [3.63, 3.8) is 0 Å². The smallest absolute Gasteiger partial charge is 0.239 e. The average Bonchev–Trinajstić information content (AvgIpc) is 3.26. The molecule has 0 radical (unpaired) electrons. The molecule has 1 atom stereocenters. The molecule has 0 saturated carbocycles. The maximum absolute atomic E-state index is 14.1. The Kier molecular flexibility index (Phi) is 7.95. The van der Waals surface area contributed by atoms with Crippen molar-refractivity contribution in [2.45, 2.75) is 32.0 Å². The number of halogens is 1. The van der Waals surface area contributed by atoms with Crippen LogP contribution in [-0.4, -0.2) is 41.7 Å². The van der Waals surface area contributed by atoms with Crippen molar-refractivity contribution in [2.24, 2.45) is 0 Å². The van der Waals surface area contributed by atoms with E-state index in [1.807, 2.05) is 35.2 Å². The summed E-state index contributed by atoms with van der Waals surface area (Å²) < 4.78 is 19.7. The van der Waals surface area contributed by atoms with Crippen LogP contribution >= 0.6 is 12.2 Å². The molecule has 0 unspecified atom stereocenters. The van der Waals surface area contributed by atoms with E-state index in [2.05, 4.69) is 10.6 Å². The first kappa shape index (κ1) is 21.2. The van der Waals surface area contributed by atoms with Gasteiger partial charge in [-0.2, -0.15) is 0 Å². The number of thiocarbonyl (C=S) groups is 1. The molecule has 5 nitrogen and oxygen atoms in total. The van der Waals surface area contributed by atoms with Gasteiger partial charge in [-0.25, -0.2) is 4.39 Å². The molecule has 29 heavy (non-hydrogen) atoms. The van der Waals surface area contributed by atoms with Gasteiger partial charge in [-0.1, -0.05) is 48.5 Å². The number of benzene rings is 2. The number of hydrogen-bond acceptors (Lipinski definition) is 3. The van der Waals surface area contributed by atoms with E-state index in [4.69, 9.17) is 17.0 Å². The molecular weight excluding hydrogens is 389 g/mol. The molecule has 0 aromatic heterocycles. The van der Waals surface area contributed by atoms with Crippen LogP contribution in [0.4, 0.5) is 4.39 Å². The van der Waals surface area contributed by atoms with Crippen LogP contribution in [0.15, 0.2) is 54.6 Å². The van der Waals surface area contributed by atoms with Crippen LogP contribution in [0, 0.1) is 5.82 Å². The van der Waals surface area contributed by atoms with Gasteiger partial charge in [0.05, 0.1) is 12.6 Å². The first-order valence-corrected chi connectivity index (χ1v) is 10.2. The van der Waals surface area contributed by atoms with Crippen LogP contribution in [0.2, 0.25) is 0 Å². The van der Waals surface area contributed by atoms with Gasteiger partial charge in [0.15, 0.2) is 5.11 Å². The number of carbonyl (C=O) groups excluding carboxylic acids is 1. The molecule has 3 rings (SSSR count). The Morgan fingerprint density at radius 2 is 1.86 bits per heavy atom. The zero-order valence-electron chi connectivity index (χ0n) is 16.3. The van der Waals surface area contributed by atoms with E-state index in [-0.39, 0.29) is 24.4 Å². The Bertz CT molecular complexity index is 813. The molecule has 2 N–H and O–H groups in total. The minimum Gasteiger partial charge on any atom is -0.376 e. The zero-order valence-corrected chi connectivity index (χ0v) is 17.1. The molecule has 0 bridgehead atoms. The lowest BCUT2D eigenvalue weighted by Crippen LogP contribution is -2.44. The van der Waals surface area contributed by atoms with Crippen LogP contribution in [0.1, 0.15) is 24.0 Å². The van der Waals surface area contributed by atoms with Crippen molar-refractivity contribution in [1.29, 1.82) is 0 Å². The number of amides is 1. The highest BCUT2D eigenvalue weighted by Gasteiger charge is 2.17. The predicted molar refractivity (Wildman–Crippen MR) is 115 cm³/mol. The topological polar surface area (TPSA) is 53.6 Å². The van der Waals surface area contributed by atoms with Crippen molar-refractivity contribution < 1.29 is 13.9 Å². The highest BCUT2D eigenvalue weighted by molar-refractivity contribution is 7.80. The maximum atomic E-state index is 14.1. The standard InChI is InChI=1S/C22H26FN3O2S/c23-20-11-5-4-9-18(20)16-26(15-17-7-2-1-3-8-17)22(29)25-14-21(27)24-13-19-10-6-12-28-19/h1-5,7-9,11,19H,6,10,12-16H2,(H,24,27)(H,25,29)/t19-/m1/s1. The fourth-order valence-corrected chi connectivity index (χ4v) is 3.40. The molecule has 2 aromatic rings. The summed E-state index contributed by atoms with van der Waals surface area (Å²) in [6.45, 7) is 2.15. The summed E-state index contributed by atoms with van der Waals surface area (Å²) in [6.07, 6.45) is 2.11. The molecule has 154 valence electrons. The molecule has 1 heterocycles. The van der Waals surface area contributed by atoms with Gasteiger partial charge in [-0.15, -0.1) is 0 Å². The Balaban J connectivity index is 1.57. The van der Waals surface area contributed by atoms with Gasteiger partial charge in [0.25, 0.3) is 0 Å². The number of carbonyl (C=O) groups is 1. The fourth-order valence-electron chi connectivity index (χ4n) is 3.20. The van der Waals surface area contributed by atoms with E-state index < -0.39 is 0 Å². The van der Waals surface area contributed by atoms with Crippen molar-refractivity contribution in [1.82, 2.24) is 15.5 Å². The molecule has 0 spiro atoms. The summed E-state index contributed by atoms with van der Waals surface area (Å²) in [6, 6.07) is 16.5. The molecule has 2 aromatic carbocycles. The van der Waals surface area contributed by atoms with E-state index in [0.29, 0.717) is 30.3 Å². The normalized spacial score (nSPS) is 15.7. The third-order valence-corrected chi connectivity index (χ3v) is 5.18. The quantitative estimate of drug-likeness (QED) is 0.650. The van der Waals surface area contributed by atoms with Crippen LogP contribution in [0.5, 0.6) is 0 Å².